The van der Waals surface area contributed by atoms with Gasteiger partial charge in [0.05, 0.1) is 6.61 Å². The average molecular weight is 470 g/mol. The standard InChI is InChI=1S/C22H17BrFN3OS/c23-17-6-12-20(13-7-17)28-14-15-29-22-26-25-21(16-4-2-1-3-5-16)27(22)19-10-8-18(24)9-11-19/h1-13H,14-15H2. The highest BCUT2D eigenvalue weighted by Gasteiger charge is 2.16. The molecule has 29 heavy (non-hydrogen) atoms. The number of hydrogen-bond acceptors (Lipinski definition) is 4. The molecule has 7 heteroatoms. The van der Waals surface area contributed by atoms with Crippen LogP contribution >= 0.6 is 27.7 Å². The smallest absolute Gasteiger partial charge is 0.196 e. The summed E-state index contributed by atoms with van der Waals surface area (Å²) in [6.07, 6.45) is 0. The third-order valence-corrected chi connectivity index (χ3v) is 5.57. The number of ether oxygens (including phenoxy) is 1. The Hall–Kier alpha value is -2.64. The van der Waals surface area contributed by atoms with Crippen LogP contribution < -0.4 is 4.74 Å². The van der Waals surface area contributed by atoms with Gasteiger partial charge in [0, 0.05) is 21.5 Å². The molecule has 0 radical (unpaired) electrons. The minimum absolute atomic E-state index is 0.278. The Kier molecular flexibility index (Phi) is 6.27. The molecular formula is C22H17BrFN3OS. The Balaban J connectivity index is 1.54. The summed E-state index contributed by atoms with van der Waals surface area (Å²) >= 11 is 4.96. The second-order valence-electron chi connectivity index (χ2n) is 6.13. The van der Waals surface area contributed by atoms with Crippen molar-refractivity contribution in [3.05, 3.63) is 89.2 Å². The highest BCUT2D eigenvalue weighted by Crippen LogP contribution is 2.28. The van der Waals surface area contributed by atoms with Gasteiger partial charge in [-0.3, -0.25) is 4.57 Å². The zero-order valence-corrected chi connectivity index (χ0v) is 17.7. The lowest BCUT2D eigenvalue weighted by Gasteiger charge is -2.11. The maximum atomic E-state index is 13.4. The molecule has 0 aliphatic rings. The molecule has 0 fully saturated rings. The van der Waals surface area contributed by atoms with Gasteiger partial charge in [0.1, 0.15) is 11.6 Å². The van der Waals surface area contributed by atoms with Gasteiger partial charge in [0.2, 0.25) is 0 Å². The summed E-state index contributed by atoms with van der Waals surface area (Å²) in [5.41, 5.74) is 1.76. The van der Waals surface area contributed by atoms with E-state index in [1.807, 2.05) is 59.2 Å². The molecule has 0 spiro atoms. The van der Waals surface area contributed by atoms with Crippen molar-refractivity contribution in [1.82, 2.24) is 14.8 Å². The van der Waals surface area contributed by atoms with Crippen LogP contribution in [0.4, 0.5) is 4.39 Å². The van der Waals surface area contributed by atoms with Crippen LogP contribution in [0.15, 0.2) is 88.5 Å². The molecule has 0 bridgehead atoms. The van der Waals surface area contributed by atoms with E-state index in [-0.39, 0.29) is 5.82 Å². The van der Waals surface area contributed by atoms with Crippen molar-refractivity contribution in [3.8, 4) is 22.8 Å². The van der Waals surface area contributed by atoms with Crippen molar-refractivity contribution in [2.75, 3.05) is 12.4 Å². The topological polar surface area (TPSA) is 39.9 Å². The summed E-state index contributed by atoms with van der Waals surface area (Å²) in [4.78, 5) is 0. The molecular weight excluding hydrogens is 453 g/mol. The van der Waals surface area contributed by atoms with Crippen LogP contribution in [0.1, 0.15) is 0 Å². The van der Waals surface area contributed by atoms with Crippen LogP contribution in [-0.2, 0) is 0 Å². The highest BCUT2D eigenvalue weighted by atomic mass is 79.9. The van der Waals surface area contributed by atoms with E-state index in [0.29, 0.717) is 18.2 Å². The van der Waals surface area contributed by atoms with E-state index in [1.165, 1.54) is 12.1 Å². The molecule has 0 amide bonds. The second-order valence-corrected chi connectivity index (χ2v) is 8.11. The van der Waals surface area contributed by atoms with Crippen molar-refractivity contribution >= 4 is 27.7 Å². The van der Waals surface area contributed by atoms with E-state index in [1.54, 1.807) is 23.9 Å². The summed E-state index contributed by atoms with van der Waals surface area (Å²) in [5, 5.41) is 9.48. The van der Waals surface area contributed by atoms with Gasteiger partial charge < -0.3 is 4.74 Å². The van der Waals surface area contributed by atoms with Crippen molar-refractivity contribution in [1.29, 1.82) is 0 Å². The molecule has 4 aromatic rings. The minimum atomic E-state index is -0.278. The molecule has 3 aromatic carbocycles. The van der Waals surface area contributed by atoms with Crippen molar-refractivity contribution in [3.63, 3.8) is 0 Å². The van der Waals surface area contributed by atoms with Gasteiger partial charge >= 0.3 is 0 Å². The largest absolute Gasteiger partial charge is 0.493 e. The van der Waals surface area contributed by atoms with Gasteiger partial charge in [-0.1, -0.05) is 58.0 Å². The van der Waals surface area contributed by atoms with Crippen molar-refractivity contribution in [2.45, 2.75) is 5.16 Å². The predicted molar refractivity (Wildman–Crippen MR) is 117 cm³/mol. The van der Waals surface area contributed by atoms with Crippen LogP contribution in [0.5, 0.6) is 5.75 Å². The van der Waals surface area contributed by atoms with E-state index in [0.717, 1.165) is 26.6 Å². The zero-order valence-electron chi connectivity index (χ0n) is 15.3. The fourth-order valence-corrected chi connectivity index (χ4v) is 3.82. The molecule has 1 aromatic heterocycles. The van der Waals surface area contributed by atoms with E-state index >= 15 is 0 Å². The van der Waals surface area contributed by atoms with Crippen molar-refractivity contribution in [2.24, 2.45) is 0 Å². The Morgan fingerprint density at radius 1 is 0.897 bits per heavy atom. The van der Waals surface area contributed by atoms with Gasteiger partial charge in [-0.05, 0) is 48.5 Å². The number of hydrogen-bond donors (Lipinski definition) is 0. The van der Waals surface area contributed by atoms with Crippen LogP contribution in [0.3, 0.4) is 0 Å². The molecule has 0 aliphatic heterocycles. The summed E-state index contributed by atoms with van der Waals surface area (Å²) < 4.78 is 22.2. The SMILES string of the molecule is Fc1ccc(-n2c(SCCOc3ccc(Br)cc3)nnc2-c2ccccc2)cc1. The molecule has 1 heterocycles. The van der Waals surface area contributed by atoms with Crippen molar-refractivity contribution < 1.29 is 9.13 Å². The van der Waals surface area contributed by atoms with Gasteiger partial charge in [-0.25, -0.2) is 4.39 Å². The van der Waals surface area contributed by atoms with Gasteiger partial charge in [0.15, 0.2) is 11.0 Å². The summed E-state index contributed by atoms with van der Waals surface area (Å²) in [7, 11) is 0. The molecule has 0 N–H and O–H groups in total. The molecule has 4 nitrogen and oxygen atoms in total. The Morgan fingerprint density at radius 2 is 1.62 bits per heavy atom. The third-order valence-electron chi connectivity index (χ3n) is 4.15. The van der Waals surface area contributed by atoms with Crippen LogP contribution in [0, 0.1) is 5.82 Å². The predicted octanol–water partition coefficient (Wildman–Crippen LogP) is 6.01. The van der Waals surface area contributed by atoms with Gasteiger partial charge in [-0.15, -0.1) is 10.2 Å². The second kappa shape index (κ2) is 9.24. The molecule has 0 atom stereocenters. The molecule has 0 aliphatic carbocycles. The molecule has 0 saturated heterocycles. The molecule has 0 unspecified atom stereocenters. The van der Waals surface area contributed by atoms with E-state index in [2.05, 4.69) is 26.1 Å². The first kappa shape index (κ1) is 19.7. The van der Waals surface area contributed by atoms with E-state index in [4.69, 9.17) is 4.74 Å². The lowest BCUT2D eigenvalue weighted by atomic mass is 10.2. The first-order chi connectivity index (χ1) is 14.2. The van der Waals surface area contributed by atoms with Crippen LogP contribution in [-0.4, -0.2) is 27.1 Å². The normalized spacial score (nSPS) is 10.8. The first-order valence-electron chi connectivity index (χ1n) is 8.99. The third kappa shape index (κ3) is 4.86. The van der Waals surface area contributed by atoms with E-state index in [9.17, 15) is 4.39 Å². The van der Waals surface area contributed by atoms with E-state index < -0.39 is 0 Å². The van der Waals surface area contributed by atoms with Crippen LogP contribution in [0.2, 0.25) is 0 Å². The van der Waals surface area contributed by atoms with Gasteiger partial charge in [-0.2, -0.15) is 0 Å². The molecule has 0 saturated carbocycles. The Bertz CT molecular complexity index is 1070. The minimum Gasteiger partial charge on any atom is -0.493 e. The van der Waals surface area contributed by atoms with Crippen LogP contribution in [0.25, 0.3) is 17.1 Å². The maximum Gasteiger partial charge on any atom is 0.196 e. The number of aromatic nitrogens is 3. The first-order valence-corrected chi connectivity index (χ1v) is 10.8. The zero-order chi connectivity index (χ0) is 20.1. The highest BCUT2D eigenvalue weighted by molar-refractivity contribution is 9.10. The average Bonchev–Trinajstić information content (AvgIpc) is 3.17. The summed E-state index contributed by atoms with van der Waals surface area (Å²) in [6, 6.07) is 23.9. The summed E-state index contributed by atoms with van der Waals surface area (Å²) in [5.74, 6) is 1.96. The lowest BCUT2D eigenvalue weighted by Crippen LogP contribution is -2.03. The number of halogens is 2. The summed E-state index contributed by atoms with van der Waals surface area (Å²) in [6.45, 7) is 0.531. The molecule has 146 valence electrons. The monoisotopic (exact) mass is 469 g/mol. The maximum absolute atomic E-state index is 13.4. The fraction of sp³-hybridized carbons (Fsp3) is 0.0909. The lowest BCUT2D eigenvalue weighted by molar-refractivity contribution is 0.344. The van der Waals surface area contributed by atoms with Gasteiger partial charge in [0.25, 0.3) is 0 Å². The number of thioether (sulfide) groups is 1. The quantitative estimate of drug-likeness (QED) is 0.245. The fourth-order valence-electron chi connectivity index (χ4n) is 2.78. The number of nitrogens with zero attached hydrogens (tertiary/aromatic N) is 3. The molecule has 4 rings (SSSR count). The number of benzene rings is 3. The Labute approximate surface area is 180 Å². The Morgan fingerprint density at radius 3 is 2.34 bits per heavy atom. The number of rotatable bonds is 7.